The number of rotatable bonds is 7. The van der Waals surface area contributed by atoms with Crippen LogP contribution >= 0.6 is 0 Å². The fourth-order valence-electron chi connectivity index (χ4n) is 4.90. The van der Waals surface area contributed by atoms with Gasteiger partial charge in [0.05, 0.1) is 0 Å². The zero-order chi connectivity index (χ0) is 22.9. The second-order valence-corrected chi connectivity index (χ2v) is 9.34. The van der Waals surface area contributed by atoms with Crippen molar-refractivity contribution in [3.05, 3.63) is 66.2 Å². The van der Waals surface area contributed by atoms with Crippen LogP contribution in [0.3, 0.4) is 0 Å². The molecule has 0 amide bonds. The summed E-state index contributed by atoms with van der Waals surface area (Å²) in [6.45, 7) is 10.9. The van der Waals surface area contributed by atoms with Crippen LogP contribution in [0.2, 0.25) is 0 Å². The maximum atomic E-state index is 4.49. The van der Waals surface area contributed by atoms with E-state index in [4.69, 9.17) is 0 Å². The molecular formula is C27H40N6. The number of para-hydroxylation sites is 1. The molecule has 1 atom stereocenters. The largest absolute Gasteiger partial charge is 0.369 e. The minimum Gasteiger partial charge on any atom is -0.369 e. The van der Waals surface area contributed by atoms with Crippen LogP contribution in [0, 0.1) is 0 Å². The molecule has 4 rings (SSSR count). The first kappa shape index (κ1) is 23.6. The molecule has 2 aliphatic rings. The molecule has 2 aromatic carbocycles. The van der Waals surface area contributed by atoms with Gasteiger partial charge in [-0.1, -0.05) is 48.5 Å². The highest BCUT2D eigenvalue weighted by Gasteiger charge is 2.23. The molecule has 1 unspecified atom stereocenters. The predicted molar refractivity (Wildman–Crippen MR) is 139 cm³/mol. The van der Waals surface area contributed by atoms with E-state index < -0.39 is 0 Å². The van der Waals surface area contributed by atoms with E-state index in [2.05, 4.69) is 97.9 Å². The Labute approximate surface area is 199 Å². The molecule has 2 fully saturated rings. The Morgan fingerprint density at radius 1 is 0.909 bits per heavy atom. The van der Waals surface area contributed by atoms with Crippen molar-refractivity contribution >= 4 is 11.6 Å². The first-order valence-electron chi connectivity index (χ1n) is 12.5. The van der Waals surface area contributed by atoms with Crippen LogP contribution in [-0.2, 0) is 6.54 Å². The van der Waals surface area contributed by atoms with Crippen molar-refractivity contribution in [1.82, 2.24) is 20.4 Å². The monoisotopic (exact) mass is 448 g/mol. The number of nitrogens with one attached hydrogen (secondary N) is 2. The Balaban J connectivity index is 1.15. The summed E-state index contributed by atoms with van der Waals surface area (Å²) in [6.07, 6.45) is 2.31. The van der Waals surface area contributed by atoms with Gasteiger partial charge >= 0.3 is 0 Å². The Morgan fingerprint density at radius 3 is 2.18 bits per heavy atom. The van der Waals surface area contributed by atoms with E-state index in [1.165, 1.54) is 11.3 Å². The lowest BCUT2D eigenvalue weighted by Crippen LogP contribution is -2.54. The normalized spacial score (nSPS) is 19.9. The molecule has 2 heterocycles. The zero-order valence-corrected chi connectivity index (χ0v) is 20.3. The van der Waals surface area contributed by atoms with E-state index in [9.17, 15) is 0 Å². The smallest absolute Gasteiger partial charge is 0.191 e. The summed E-state index contributed by atoms with van der Waals surface area (Å²) in [4.78, 5) is 12.1. The molecule has 0 bridgehead atoms. The molecule has 2 aromatic rings. The van der Waals surface area contributed by atoms with E-state index in [0.717, 1.165) is 71.2 Å². The second kappa shape index (κ2) is 12.1. The Kier molecular flexibility index (Phi) is 8.61. The van der Waals surface area contributed by atoms with E-state index in [0.29, 0.717) is 12.1 Å². The minimum absolute atomic E-state index is 0.481. The minimum atomic E-state index is 0.481. The van der Waals surface area contributed by atoms with E-state index >= 15 is 0 Å². The van der Waals surface area contributed by atoms with Crippen LogP contribution < -0.4 is 15.5 Å². The molecule has 0 saturated carbocycles. The lowest BCUT2D eigenvalue weighted by Gasteiger charge is -2.39. The van der Waals surface area contributed by atoms with Crippen molar-refractivity contribution < 1.29 is 0 Å². The molecule has 2 aliphatic heterocycles. The molecule has 0 aromatic heterocycles. The van der Waals surface area contributed by atoms with Crippen LogP contribution in [0.4, 0.5) is 5.69 Å². The van der Waals surface area contributed by atoms with Gasteiger partial charge in [-0.05, 0) is 37.5 Å². The summed E-state index contributed by atoms with van der Waals surface area (Å²) < 4.78 is 0. The van der Waals surface area contributed by atoms with Gasteiger partial charge in [-0.15, -0.1) is 0 Å². The first-order valence-corrected chi connectivity index (χ1v) is 12.5. The van der Waals surface area contributed by atoms with Crippen LogP contribution in [0.1, 0.15) is 25.3 Å². The lowest BCUT2D eigenvalue weighted by atomic mass is 10.0. The second-order valence-electron chi connectivity index (χ2n) is 9.34. The van der Waals surface area contributed by atoms with Gasteiger partial charge in [0, 0.05) is 77.2 Å². The van der Waals surface area contributed by atoms with Gasteiger partial charge in [0.25, 0.3) is 0 Å². The van der Waals surface area contributed by atoms with Crippen molar-refractivity contribution in [3.8, 4) is 0 Å². The summed E-state index contributed by atoms with van der Waals surface area (Å²) in [5, 5.41) is 7.24. The molecule has 2 N–H and O–H groups in total. The molecule has 0 spiro atoms. The Morgan fingerprint density at radius 2 is 1.55 bits per heavy atom. The number of nitrogens with zero attached hydrogens (tertiary/aromatic N) is 4. The predicted octanol–water partition coefficient (Wildman–Crippen LogP) is 3.03. The van der Waals surface area contributed by atoms with Crippen molar-refractivity contribution in [2.45, 2.75) is 38.4 Å². The number of guanidine groups is 1. The molecular weight excluding hydrogens is 408 g/mol. The van der Waals surface area contributed by atoms with Gasteiger partial charge in [0.1, 0.15) is 0 Å². The number of benzene rings is 2. The molecule has 0 aliphatic carbocycles. The van der Waals surface area contributed by atoms with E-state index in [-0.39, 0.29) is 0 Å². The number of anilines is 1. The van der Waals surface area contributed by atoms with E-state index in [1.807, 2.05) is 7.05 Å². The third-order valence-electron chi connectivity index (χ3n) is 7.02. The maximum absolute atomic E-state index is 4.49. The molecule has 178 valence electrons. The van der Waals surface area contributed by atoms with Gasteiger partial charge in [-0.3, -0.25) is 14.8 Å². The Bertz CT molecular complexity index is 839. The van der Waals surface area contributed by atoms with Gasteiger partial charge in [-0.2, -0.15) is 0 Å². The number of piperidine rings is 1. The van der Waals surface area contributed by atoms with Crippen molar-refractivity contribution in [1.29, 1.82) is 0 Å². The molecule has 6 nitrogen and oxygen atoms in total. The topological polar surface area (TPSA) is 46.1 Å². The SMILES string of the molecule is CN=C(NCC(C)N1CCN(c2ccccc2)CC1)NC1CCN(Cc2ccccc2)CC1. The lowest BCUT2D eigenvalue weighted by molar-refractivity contribution is 0.194. The number of hydrogen-bond donors (Lipinski definition) is 2. The van der Waals surface area contributed by atoms with Crippen LogP contribution in [-0.4, -0.2) is 80.7 Å². The number of likely N-dealkylation sites (tertiary alicyclic amines) is 1. The highest BCUT2D eigenvalue weighted by Crippen LogP contribution is 2.17. The van der Waals surface area contributed by atoms with Gasteiger partial charge in [-0.25, -0.2) is 0 Å². The first-order chi connectivity index (χ1) is 16.2. The van der Waals surface area contributed by atoms with Gasteiger partial charge in [0.15, 0.2) is 5.96 Å². The number of hydrogen-bond acceptors (Lipinski definition) is 4. The average molecular weight is 449 g/mol. The fourth-order valence-corrected chi connectivity index (χ4v) is 4.90. The molecule has 33 heavy (non-hydrogen) atoms. The quantitative estimate of drug-likeness (QED) is 0.504. The summed E-state index contributed by atoms with van der Waals surface area (Å²) in [5.41, 5.74) is 2.74. The van der Waals surface area contributed by atoms with Crippen molar-refractivity contribution in [3.63, 3.8) is 0 Å². The van der Waals surface area contributed by atoms with Crippen LogP contribution in [0.25, 0.3) is 0 Å². The highest BCUT2D eigenvalue weighted by atomic mass is 15.3. The number of piperazine rings is 1. The Hall–Kier alpha value is -2.57. The highest BCUT2D eigenvalue weighted by molar-refractivity contribution is 5.80. The van der Waals surface area contributed by atoms with Gasteiger partial charge < -0.3 is 15.5 Å². The summed E-state index contributed by atoms with van der Waals surface area (Å²) in [5.74, 6) is 0.936. The number of aliphatic imine (C=N–C) groups is 1. The van der Waals surface area contributed by atoms with Crippen molar-refractivity contribution in [2.24, 2.45) is 4.99 Å². The molecule has 2 saturated heterocycles. The van der Waals surface area contributed by atoms with Crippen molar-refractivity contribution in [2.75, 3.05) is 57.8 Å². The standard InChI is InChI=1S/C27H40N6/c1-23(32-17-19-33(20-18-32)26-11-7-4-8-12-26)21-29-27(28-2)30-25-13-15-31(16-14-25)22-24-9-5-3-6-10-24/h3-12,23,25H,13-22H2,1-2H3,(H2,28,29,30). The summed E-state index contributed by atoms with van der Waals surface area (Å²) in [7, 11) is 1.88. The third-order valence-corrected chi connectivity index (χ3v) is 7.02. The summed E-state index contributed by atoms with van der Waals surface area (Å²) in [6, 6.07) is 22.5. The van der Waals surface area contributed by atoms with Crippen LogP contribution in [0.15, 0.2) is 65.7 Å². The van der Waals surface area contributed by atoms with E-state index in [1.54, 1.807) is 0 Å². The van der Waals surface area contributed by atoms with Crippen LogP contribution in [0.5, 0.6) is 0 Å². The third kappa shape index (κ3) is 6.95. The summed E-state index contributed by atoms with van der Waals surface area (Å²) >= 11 is 0. The zero-order valence-electron chi connectivity index (χ0n) is 20.3. The average Bonchev–Trinajstić information content (AvgIpc) is 2.88. The molecule has 0 radical (unpaired) electrons. The molecule has 6 heteroatoms. The maximum Gasteiger partial charge on any atom is 0.191 e. The van der Waals surface area contributed by atoms with Gasteiger partial charge in [0.2, 0.25) is 0 Å². The fraction of sp³-hybridized carbons (Fsp3) is 0.519.